The smallest absolute Gasteiger partial charge is 0.266 e. The highest BCUT2D eigenvalue weighted by atomic mass is 35.5. The summed E-state index contributed by atoms with van der Waals surface area (Å²) in [6.07, 6.45) is 1.66. The van der Waals surface area contributed by atoms with Crippen LogP contribution in [0.4, 0.5) is 0 Å². The first-order valence-electron chi connectivity index (χ1n) is 6.32. The van der Waals surface area contributed by atoms with Gasteiger partial charge in [0.05, 0.1) is 17.7 Å². The van der Waals surface area contributed by atoms with E-state index in [9.17, 15) is 9.59 Å². The first kappa shape index (κ1) is 14.0. The van der Waals surface area contributed by atoms with Gasteiger partial charge in [-0.1, -0.05) is 19.1 Å². The van der Waals surface area contributed by atoms with Crippen molar-refractivity contribution < 1.29 is 14.4 Å². The van der Waals surface area contributed by atoms with Crippen molar-refractivity contribution in [3.8, 4) is 0 Å². The van der Waals surface area contributed by atoms with E-state index < -0.39 is 0 Å². The van der Waals surface area contributed by atoms with Crippen LogP contribution in [-0.4, -0.2) is 29.4 Å². The lowest BCUT2D eigenvalue weighted by Crippen LogP contribution is -2.30. The molecule has 5 heteroatoms. The Kier molecular flexibility index (Phi) is 4.56. The maximum Gasteiger partial charge on any atom is 0.285 e. The molecule has 102 valence electrons. The minimum atomic E-state index is -0.384. The van der Waals surface area contributed by atoms with Gasteiger partial charge < -0.3 is 0 Å². The number of hydroxylamine groups is 2. The Hall–Kier alpha value is -1.39. The van der Waals surface area contributed by atoms with Gasteiger partial charge >= 0.3 is 0 Å². The lowest BCUT2D eigenvalue weighted by atomic mass is 10.1. The quantitative estimate of drug-likeness (QED) is 0.595. The Labute approximate surface area is 117 Å². The van der Waals surface area contributed by atoms with Gasteiger partial charge in [0.25, 0.3) is 11.8 Å². The molecule has 2 amide bonds. The van der Waals surface area contributed by atoms with Crippen molar-refractivity contribution in [3.63, 3.8) is 0 Å². The molecule has 1 aliphatic rings. The monoisotopic (exact) mass is 281 g/mol. The van der Waals surface area contributed by atoms with Gasteiger partial charge in [-0.15, -0.1) is 16.7 Å². The predicted molar refractivity (Wildman–Crippen MR) is 72.0 cm³/mol. The van der Waals surface area contributed by atoms with Crippen molar-refractivity contribution in [1.29, 1.82) is 0 Å². The summed E-state index contributed by atoms with van der Waals surface area (Å²) in [6, 6.07) is 6.73. The Morgan fingerprint density at radius 2 is 1.74 bits per heavy atom. The van der Waals surface area contributed by atoms with Gasteiger partial charge in [0.15, 0.2) is 0 Å². The summed E-state index contributed by atoms with van der Waals surface area (Å²) in [5.41, 5.74) is 0.808. The van der Waals surface area contributed by atoms with Crippen LogP contribution >= 0.6 is 11.6 Å². The number of nitrogens with zero attached hydrogens (tertiary/aromatic N) is 1. The summed E-state index contributed by atoms with van der Waals surface area (Å²) < 4.78 is 0. The van der Waals surface area contributed by atoms with Gasteiger partial charge in [0, 0.05) is 5.88 Å². The molecule has 0 aromatic heterocycles. The second-order valence-corrected chi connectivity index (χ2v) is 5.03. The zero-order chi connectivity index (χ0) is 13.8. The molecule has 1 heterocycles. The van der Waals surface area contributed by atoms with E-state index in [1.54, 1.807) is 24.3 Å². The molecule has 19 heavy (non-hydrogen) atoms. The molecule has 0 bridgehead atoms. The molecule has 1 aromatic rings. The number of hydrogen-bond donors (Lipinski definition) is 0. The zero-order valence-electron chi connectivity index (χ0n) is 10.8. The highest BCUT2D eigenvalue weighted by Crippen LogP contribution is 2.23. The van der Waals surface area contributed by atoms with Crippen LogP contribution in [0.2, 0.25) is 0 Å². The Morgan fingerprint density at radius 3 is 2.26 bits per heavy atom. The molecule has 0 spiro atoms. The first-order valence-corrected chi connectivity index (χ1v) is 6.85. The summed E-state index contributed by atoms with van der Waals surface area (Å²) in [5.74, 6) is 0.248. The normalized spacial score (nSPS) is 15.8. The summed E-state index contributed by atoms with van der Waals surface area (Å²) in [6.45, 7) is 2.40. The minimum Gasteiger partial charge on any atom is -0.266 e. The Bertz CT molecular complexity index is 454. The molecule has 0 radical (unpaired) electrons. The van der Waals surface area contributed by atoms with Crippen LogP contribution < -0.4 is 0 Å². The van der Waals surface area contributed by atoms with E-state index in [2.05, 4.69) is 6.92 Å². The molecule has 0 N–H and O–H groups in total. The van der Waals surface area contributed by atoms with Gasteiger partial charge in [0.1, 0.15) is 0 Å². The molecule has 1 unspecified atom stereocenters. The molecular weight excluding hydrogens is 266 g/mol. The number of rotatable bonds is 6. The van der Waals surface area contributed by atoms with Crippen molar-refractivity contribution in [2.24, 2.45) is 5.92 Å². The largest absolute Gasteiger partial charge is 0.285 e. The van der Waals surface area contributed by atoms with Crippen molar-refractivity contribution in [2.45, 2.75) is 19.8 Å². The summed E-state index contributed by atoms with van der Waals surface area (Å²) in [5, 5.41) is 0.859. The third-order valence-corrected chi connectivity index (χ3v) is 3.41. The number of imide groups is 1. The van der Waals surface area contributed by atoms with E-state index in [4.69, 9.17) is 16.4 Å². The molecule has 1 aromatic carbocycles. The Balaban J connectivity index is 1.93. The number of carbonyl (C=O) groups is 2. The van der Waals surface area contributed by atoms with E-state index >= 15 is 0 Å². The molecule has 1 aliphatic heterocycles. The number of fused-ring (bicyclic) bond motifs is 1. The lowest BCUT2D eigenvalue weighted by Gasteiger charge is -2.15. The SMILES string of the molecule is CC(CCCl)CCON1C(=O)c2ccccc2C1=O. The van der Waals surface area contributed by atoms with Gasteiger partial charge in [-0.2, -0.15) is 0 Å². The van der Waals surface area contributed by atoms with Gasteiger partial charge in [-0.25, -0.2) is 0 Å². The van der Waals surface area contributed by atoms with Crippen LogP contribution in [0.3, 0.4) is 0 Å². The second-order valence-electron chi connectivity index (χ2n) is 4.65. The van der Waals surface area contributed by atoms with Gasteiger partial charge in [0.2, 0.25) is 0 Å². The van der Waals surface area contributed by atoms with Crippen LogP contribution in [0.1, 0.15) is 40.5 Å². The highest BCUT2D eigenvalue weighted by Gasteiger charge is 2.36. The number of amides is 2. The number of carbonyl (C=O) groups excluding carboxylic acids is 2. The van der Waals surface area contributed by atoms with E-state index in [1.807, 2.05) is 0 Å². The van der Waals surface area contributed by atoms with Gasteiger partial charge in [-0.05, 0) is 30.9 Å². The number of halogens is 1. The van der Waals surface area contributed by atoms with Crippen LogP contribution in [0, 0.1) is 5.92 Å². The van der Waals surface area contributed by atoms with Crippen molar-refractivity contribution in [2.75, 3.05) is 12.5 Å². The second kappa shape index (κ2) is 6.17. The number of hydrogen-bond acceptors (Lipinski definition) is 3. The van der Waals surface area contributed by atoms with E-state index in [1.165, 1.54) is 0 Å². The maximum absolute atomic E-state index is 12.0. The molecule has 4 nitrogen and oxygen atoms in total. The fourth-order valence-corrected chi connectivity index (χ4v) is 2.33. The summed E-state index contributed by atoms with van der Waals surface area (Å²) in [4.78, 5) is 29.3. The van der Waals surface area contributed by atoms with E-state index in [-0.39, 0.29) is 11.8 Å². The van der Waals surface area contributed by atoms with Crippen molar-refractivity contribution in [1.82, 2.24) is 5.06 Å². The molecule has 0 fully saturated rings. The maximum atomic E-state index is 12.0. The average molecular weight is 282 g/mol. The fourth-order valence-electron chi connectivity index (χ4n) is 1.96. The van der Waals surface area contributed by atoms with Crippen LogP contribution in [0.15, 0.2) is 24.3 Å². The fraction of sp³-hybridized carbons (Fsp3) is 0.429. The standard InChI is InChI=1S/C14H16ClNO3/c1-10(6-8-15)7-9-19-16-13(17)11-4-2-3-5-12(11)14(16)18/h2-5,10H,6-9H2,1H3. The van der Waals surface area contributed by atoms with Crippen LogP contribution in [-0.2, 0) is 4.84 Å². The minimum absolute atomic E-state index is 0.337. The highest BCUT2D eigenvalue weighted by molar-refractivity contribution is 6.20. The molecule has 0 saturated carbocycles. The lowest BCUT2D eigenvalue weighted by molar-refractivity contribution is -0.0943. The number of alkyl halides is 1. The average Bonchev–Trinajstić information content (AvgIpc) is 2.65. The zero-order valence-corrected chi connectivity index (χ0v) is 11.5. The molecule has 2 rings (SSSR count). The third-order valence-electron chi connectivity index (χ3n) is 3.19. The molecule has 0 aliphatic carbocycles. The van der Waals surface area contributed by atoms with E-state index in [0.717, 1.165) is 17.9 Å². The van der Waals surface area contributed by atoms with Crippen molar-refractivity contribution in [3.05, 3.63) is 35.4 Å². The molecule has 0 saturated heterocycles. The topological polar surface area (TPSA) is 46.6 Å². The third kappa shape index (κ3) is 2.96. The summed E-state index contributed by atoms with van der Waals surface area (Å²) >= 11 is 5.65. The first-order chi connectivity index (χ1) is 9.15. The number of benzene rings is 1. The van der Waals surface area contributed by atoms with Gasteiger partial charge in [-0.3, -0.25) is 14.4 Å². The molecule has 1 atom stereocenters. The van der Waals surface area contributed by atoms with Crippen LogP contribution in [0.5, 0.6) is 0 Å². The predicted octanol–water partition coefficient (Wildman–Crippen LogP) is 2.87. The van der Waals surface area contributed by atoms with Crippen LogP contribution in [0.25, 0.3) is 0 Å². The van der Waals surface area contributed by atoms with Crippen molar-refractivity contribution >= 4 is 23.4 Å². The summed E-state index contributed by atoms with van der Waals surface area (Å²) in [7, 11) is 0. The molecular formula is C14H16ClNO3. The van der Waals surface area contributed by atoms with E-state index in [0.29, 0.717) is 29.5 Å². The Morgan fingerprint density at radius 1 is 1.16 bits per heavy atom.